The first kappa shape index (κ1) is 13.3. The third-order valence-electron chi connectivity index (χ3n) is 3.79. The van der Waals surface area contributed by atoms with Crippen molar-refractivity contribution in [3.05, 3.63) is 58.3 Å². The highest BCUT2D eigenvalue weighted by Gasteiger charge is 2.36. The first-order valence-corrected chi connectivity index (χ1v) is 7.70. The Morgan fingerprint density at radius 2 is 2.05 bits per heavy atom. The van der Waals surface area contributed by atoms with Crippen LogP contribution in [0.1, 0.15) is 21.7 Å². The van der Waals surface area contributed by atoms with Gasteiger partial charge in [0.25, 0.3) is 5.91 Å². The maximum absolute atomic E-state index is 12.5. The Morgan fingerprint density at radius 3 is 2.75 bits per heavy atom. The van der Waals surface area contributed by atoms with Crippen LogP contribution in [0.25, 0.3) is 0 Å². The molecule has 0 spiro atoms. The molecule has 3 nitrogen and oxygen atoms in total. The first-order chi connectivity index (χ1) is 9.75. The van der Waals surface area contributed by atoms with E-state index in [9.17, 15) is 9.90 Å². The summed E-state index contributed by atoms with van der Waals surface area (Å²) in [5.41, 5.74) is 1.16. The van der Waals surface area contributed by atoms with Gasteiger partial charge in [-0.1, -0.05) is 36.4 Å². The second-order valence-electron chi connectivity index (χ2n) is 5.09. The molecule has 1 aliphatic rings. The second kappa shape index (κ2) is 5.77. The molecule has 0 aliphatic carbocycles. The molecule has 0 unspecified atom stereocenters. The van der Waals surface area contributed by atoms with Gasteiger partial charge in [-0.05, 0) is 29.9 Å². The predicted octanol–water partition coefficient (Wildman–Crippen LogP) is 2.57. The van der Waals surface area contributed by atoms with E-state index in [0.29, 0.717) is 19.4 Å². The molecule has 20 heavy (non-hydrogen) atoms. The average molecular weight is 287 g/mol. The summed E-state index contributed by atoms with van der Waals surface area (Å²) in [6, 6.07) is 13.6. The number of carbonyl (C=O) groups excluding carboxylic acids is 1. The van der Waals surface area contributed by atoms with Crippen molar-refractivity contribution in [2.24, 2.45) is 0 Å². The molecule has 4 heteroatoms. The van der Waals surface area contributed by atoms with Crippen molar-refractivity contribution in [2.45, 2.75) is 25.0 Å². The molecular weight excluding hydrogens is 270 g/mol. The lowest BCUT2D eigenvalue weighted by atomic mass is 10.0. The van der Waals surface area contributed by atoms with E-state index >= 15 is 0 Å². The fourth-order valence-electron chi connectivity index (χ4n) is 2.73. The van der Waals surface area contributed by atoms with Gasteiger partial charge in [0.05, 0.1) is 17.0 Å². The molecule has 1 fully saturated rings. The fourth-order valence-corrected chi connectivity index (χ4v) is 3.41. The fraction of sp³-hybridized carbons (Fsp3) is 0.312. The van der Waals surface area contributed by atoms with Gasteiger partial charge in [0, 0.05) is 6.54 Å². The standard InChI is InChI=1S/C16H17NO2S/c18-14-8-9-17(16(19)15-7-4-10-20-15)13(14)11-12-5-2-1-3-6-12/h1-7,10,13-14,18H,8-9,11H2/t13-,14+/m0/s1. The molecule has 2 heterocycles. The van der Waals surface area contributed by atoms with Crippen molar-refractivity contribution < 1.29 is 9.90 Å². The molecule has 1 aliphatic heterocycles. The van der Waals surface area contributed by atoms with Crippen molar-refractivity contribution in [1.82, 2.24) is 4.90 Å². The van der Waals surface area contributed by atoms with Gasteiger partial charge in [0.2, 0.25) is 0 Å². The van der Waals surface area contributed by atoms with E-state index in [4.69, 9.17) is 0 Å². The predicted molar refractivity (Wildman–Crippen MR) is 79.9 cm³/mol. The third-order valence-corrected chi connectivity index (χ3v) is 4.65. The Morgan fingerprint density at radius 1 is 1.25 bits per heavy atom. The van der Waals surface area contributed by atoms with Crippen molar-refractivity contribution in [3.63, 3.8) is 0 Å². The Hall–Kier alpha value is -1.65. The van der Waals surface area contributed by atoms with Crippen molar-refractivity contribution in [1.29, 1.82) is 0 Å². The summed E-state index contributed by atoms with van der Waals surface area (Å²) in [4.78, 5) is 15.0. The monoisotopic (exact) mass is 287 g/mol. The van der Waals surface area contributed by atoms with Crippen LogP contribution in [-0.4, -0.2) is 34.6 Å². The lowest BCUT2D eigenvalue weighted by Gasteiger charge is -2.26. The highest BCUT2D eigenvalue weighted by atomic mass is 32.1. The van der Waals surface area contributed by atoms with Gasteiger partial charge in [-0.2, -0.15) is 0 Å². The molecule has 3 rings (SSSR count). The molecule has 0 radical (unpaired) electrons. The third kappa shape index (κ3) is 2.62. The number of hydrogen-bond acceptors (Lipinski definition) is 3. The van der Waals surface area contributed by atoms with Crippen molar-refractivity contribution in [2.75, 3.05) is 6.54 Å². The van der Waals surface area contributed by atoms with Gasteiger partial charge >= 0.3 is 0 Å². The summed E-state index contributed by atoms with van der Waals surface area (Å²) in [6.45, 7) is 0.634. The molecule has 2 atom stereocenters. The van der Waals surface area contributed by atoms with Crippen LogP contribution in [0.3, 0.4) is 0 Å². The van der Waals surface area contributed by atoms with Crippen molar-refractivity contribution >= 4 is 17.2 Å². The van der Waals surface area contributed by atoms with E-state index in [2.05, 4.69) is 0 Å². The van der Waals surface area contributed by atoms with E-state index in [1.807, 2.05) is 52.7 Å². The van der Waals surface area contributed by atoms with Crippen LogP contribution in [0, 0.1) is 0 Å². The van der Waals surface area contributed by atoms with E-state index in [1.165, 1.54) is 11.3 Å². The van der Waals surface area contributed by atoms with Gasteiger partial charge in [-0.25, -0.2) is 0 Å². The van der Waals surface area contributed by atoms with Crippen LogP contribution in [0.15, 0.2) is 47.8 Å². The molecule has 2 aromatic rings. The number of carbonyl (C=O) groups is 1. The lowest BCUT2D eigenvalue weighted by Crippen LogP contribution is -2.40. The topological polar surface area (TPSA) is 40.5 Å². The zero-order valence-corrected chi connectivity index (χ0v) is 11.9. The Labute approximate surface area is 122 Å². The highest BCUT2D eigenvalue weighted by Crippen LogP contribution is 2.25. The summed E-state index contributed by atoms with van der Waals surface area (Å²) in [6.07, 6.45) is 0.937. The number of thiophene rings is 1. The van der Waals surface area contributed by atoms with Crippen LogP contribution in [0.5, 0.6) is 0 Å². The van der Waals surface area contributed by atoms with Crippen molar-refractivity contribution in [3.8, 4) is 0 Å². The summed E-state index contributed by atoms with van der Waals surface area (Å²) < 4.78 is 0. The maximum Gasteiger partial charge on any atom is 0.264 e. The molecule has 0 saturated carbocycles. The number of benzene rings is 1. The Kier molecular flexibility index (Phi) is 3.85. The van der Waals surface area contributed by atoms with Gasteiger partial charge in [-0.3, -0.25) is 4.79 Å². The first-order valence-electron chi connectivity index (χ1n) is 6.82. The Bertz CT molecular complexity index is 567. The quantitative estimate of drug-likeness (QED) is 0.942. The van der Waals surface area contributed by atoms with Crippen LogP contribution >= 0.6 is 11.3 Å². The summed E-state index contributed by atoms with van der Waals surface area (Å²) in [7, 11) is 0. The van der Waals surface area contributed by atoms with E-state index in [-0.39, 0.29) is 11.9 Å². The average Bonchev–Trinajstić information content (AvgIpc) is 3.11. The maximum atomic E-state index is 12.5. The minimum atomic E-state index is -0.431. The molecule has 1 aromatic carbocycles. The van der Waals surface area contributed by atoms with Crippen LogP contribution < -0.4 is 0 Å². The number of aliphatic hydroxyl groups is 1. The highest BCUT2D eigenvalue weighted by molar-refractivity contribution is 7.12. The van der Waals surface area contributed by atoms with E-state index < -0.39 is 6.10 Å². The number of nitrogens with zero attached hydrogens (tertiary/aromatic N) is 1. The van der Waals surface area contributed by atoms with E-state index in [1.54, 1.807) is 0 Å². The smallest absolute Gasteiger partial charge is 0.264 e. The molecule has 1 aromatic heterocycles. The normalized spacial score (nSPS) is 22.1. The molecule has 0 bridgehead atoms. The van der Waals surface area contributed by atoms with Gasteiger partial charge in [0.15, 0.2) is 0 Å². The van der Waals surface area contributed by atoms with Crippen LogP contribution in [0.2, 0.25) is 0 Å². The zero-order valence-electron chi connectivity index (χ0n) is 11.1. The molecule has 1 N–H and O–H groups in total. The lowest BCUT2D eigenvalue weighted by molar-refractivity contribution is 0.0644. The molecular formula is C16H17NO2S. The SMILES string of the molecule is O=C(c1cccs1)N1CC[C@@H](O)[C@@H]1Cc1ccccc1. The van der Waals surface area contributed by atoms with Crippen LogP contribution in [-0.2, 0) is 6.42 Å². The minimum Gasteiger partial charge on any atom is -0.391 e. The number of amides is 1. The van der Waals surface area contributed by atoms with Gasteiger partial charge in [0.1, 0.15) is 0 Å². The molecule has 1 saturated heterocycles. The summed E-state index contributed by atoms with van der Waals surface area (Å²) in [5.74, 6) is 0.0393. The van der Waals surface area contributed by atoms with Crippen LogP contribution in [0.4, 0.5) is 0 Å². The molecule has 1 amide bonds. The van der Waals surface area contributed by atoms with Gasteiger partial charge < -0.3 is 10.0 Å². The Balaban J connectivity index is 1.78. The number of rotatable bonds is 3. The second-order valence-corrected chi connectivity index (χ2v) is 6.04. The number of likely N-dealkylation sites (tertiary alicyclic amines) is 1. The summed E-state index contributed by atoms with van der Waals surface area (Å²) >= 11 is 1.45. The minimum absolute atomic E-state index is 0.0393. The zero-order chi connectivity index (χ0) is 13.9. The molecule has 104 valence electrons. The number of hydrogen-bond donors (Lipinski definition) is 1. The van der Waals surface area contributed by atoms with Gasteiger partial charge in [-0.15, -0.1) is 11.3 Å². The van der Waals surface area contributed by atoms with E-state index in [0.717, 1.165) is 10.4 Å². The largest absolute Gasteiger partial charge is 0.391 e. The number of aliphatic hydroxyl groups excluding tert-OH is 1. The summed E-state index contributed by atoms with van der Waals surface area (Å²) in [5, 5.41) is 12.1.